The Balaban J connectivity index is 1.37. The monoisotopic (exact) mass is 554 g/mol. The average Bonchev–Trinajstić information content (AvgIpc) is 3.16. The molecular formula is C28H29F3N6O3. The fourth-order valence-corrected chi connectivity index (χ4v) is 5.34. The zero-order valence-corrected chi connectivity index (χ0v) is 22.6. The lowest BCUT2D eigenvalue weighted by Gasteiger charge is -2.47. The van der Waals surface area contributed by atoms with Crippen LogP contribution in [0.5, 0.6) is 0 Å². The van der Waals surface area contributed by atoms with Gasteiger partial charge in [0.25, 0.3) is 5.91 Å². The van der Waals surface area contributed by atoms with Crippen molar-refractivity contribution < 1.29 is 27.9 Å². The van der Waals surface area contributed by atoms with Crippen molar-refractivity contribution in [1.29, 1.82) is 0 Å². The van der Waals surface area contributed by atoms with Crippen LogP contribution in [0.2, 0.25) is 0 Å². The Kier molecular flexibility index (Phi) is 6.67. The molecular weight excluding hydrogens is 525 g/mol. The third-order valence-corrected chi connectivity index (χ3v) is 7.34. The van der Waals surface area contributed by atoms with Gasteiger partial charge in [-0.3, -0.25) is 9.59 Å². The summed E-state index contributed by atoms with van der Waals surface area (Å²) in [5, 5.41) is 8.98. The van der Waals surface area contributed by atoms with Gasteiger partial charge in [0, 0.05) is 55.6 Å². The number of benzene rings is 1. The number of hydrogen-bond donors (Lipinski definition) is 1. The van der Waals surface area contributed by atoms with E-state index in [2.05, 4.69) is 15.0 Å². The highest BCUT2D eigenvalue weighted by molar-refractivity contribution is 5.93. The number of anilines is 3. The van der Waals surface area contributed by atoms with E-state index >= 15 is 0 Å². The lowest BCUT2D eigenvalue weighted by Crippen LogP contribution is -2.61. The molecule has 0 spiro atoms. The molecule has 3 aromatic rings. The number of nitrogens with zero attached hydrogens (tertiary/aromatic N) is 6. The number of aromatic nitrogens is 3. The third-order valence-electron chi connectivity index (χ3n) is 7.34. The van der Waals surface area contributed by atoms with E-state index in [9.17, 15) is 22.8 Å². The van der Waals surface area contributed by atoms with E-state index in [0.29, 0.717) is 42.5 Å². The van der Waals surface area contributed by atoms with E-state index in [-0.39, 0.29) is 30.3 Å². The Bertz CT molecular complexity index is 1470. The number of fused-ring (bicyclic) bond motifs is 1. The van der Waals surface area contributed by atoms with Crippen molar-refractivity contribution in [1.82, 2.24) is 19.9 Å². The first-order valence-corrected chi connectivity index (χ1v) is 12.8. The van der Waals surface area contributed by atoms with Crippen molar-refractivity contribution in [3.05, 3.63) is 71.1 Å². The van der Waals surface area contributed by atoms with Crippen molar-refractivity contribution in [3.63, 3.8) is 0 Å². The average molecular weight is 555 g/mol. The molecule has 0 aliphatic carbocycles. The minimum absolute atomic E-state index is 0.102. The van der Waals surface area contributed by atoms with Crippen molar-refractivity contribution in [2.75, 3.05) is 36.0 Å². The van der Waals surface area contributed by atoms with Gasteiger partial charge in [0.15, 0.2) is 23.3 Å². The smallest absolute Gasteiger partial charge is 0.307 e. The van der Waals surface area contributed by atoms with E-state index in [0.717, 1.165) is 12.1 Å². The summed E-state index contributed by atoms with van der Waals surface area (Å²) in [5.74, 6) is -4.30. The van der Waals surface area contributed by atoms with Gasteiger partial charge < -0.3 is 19.8 Å². The van der Waals surface area contributed by atoms with Gasteiger partial charge in [0.1, 0.15) is 11.5 Å². The summed E-state index contributed by atoms with van der Waals surface area (Å²) >= 11 is 0. The molecule has 0 bridgehead atoms. The van der Waals surface area contributed by atoms with Crippen molar-refractivity contribution in [2.45, 2.75) is 45.1 Å². The summed E-state index contributed by atoms with van der Waals surface area (Å²) in [7, 11) is 0. The number of piperazine rings is 1. The lowest BCUT2D eigenvalue weighted by atomic mass is 9.92. The molecule has 210 valence electrons. The zero-order valence-electron chi connectivity index (χ0n) is 22.6. The maximum Gasteiger partial charge on any atom is 0.307 e. The minimum atomic E-state index is -1.54. The topological polar surface area (TPSA) is 103 Å². The second-order valence-electron chi connectivity index (χ2n) is 11.4. The Morgan fingerprint density at radius 2 is 1.68 bits per heavy atom. The fourth-order valence-electron chi connectivity index (χ4n) is 5.34. The van der Waals surface area contributed by atoms with Crippen LogP contribution in [0.25, 0.3) is 0 Å². The number of pyridine rings is 1. The van der Waals surface area contributed by atoms with Crippen LogP contribution in [-0.4, -0.2) is 68.6 Å². The van der Waals surface area contributed by atoms with Gasteiger partial charge in [-0.15, -0.1) is 0 Å². The Hall–Kier alpha value is -4.22. The molecule has 0 saturated carbocycles. The van der Waals surface area contributed by atoms with Crippen LogP contribution in [0.15, 0.2) is 36.7 Å². The van der Waals surface area contributed by atoms with Gasteiger partial charge in [-0.2, -0.15) is 0 Å². The maximum atomic E-state index is 14.0. The highest BCUT2D eigenvalue weighted by Gasteiger charge is 2.42. The number of amides is 1. The third kappa shape index (κ3) is 4.93. The molecule has 0 radical (unpaired) electrons. The molecule has 2 aromatic heterocycles. The molecule has 12 heteroatoms. The number of rotatable bonds is 5. The van der Waals surface area contributed by atoms with Crippen LogP contribution in [-0.2, 0) is 16.6 Å². The largest absolute Gasteiger partial charge is 0.481 e. The summed E-state index contributed by atoms with van der Waals surface area (Å²) in [6.45, 7) is 9.35. The normalized spacial score (nSPS) is 17.6. The molecule has 1 fully saturated rings. The van der Waals surface area contributed by atoms with Crippen LogP contribution >= 0.6 is 0 Å². The van der Waals surface area contributed by atoms with E-state index in [1.54, 1.807) is 28.1 Å². The number of carboxylic acid groups (broad SMARTS) is 1. The first kappa shape index (κ1) is 27.4. The molecule has 1 saturated heterocycles. The first-order valence-electron chi connectivity index (χ1n) is 12.8. The van der Waals surface area contributed by atoms with Crippen molar-refractivity contribution >= 4 is 29.2 Å². The second kappa shape index (κ2) is 9.76. The number of aliphatic carboxylic acids is 1. The van der Waals surface area contributed by atoms with Crippen molar-refractivity contribution in [2.24, 2.45) is 0 Å². The van der Waals surface area contributed by atoms with E-state index in [1.165, 1.54) is 6.20 Å². The van der Waals surface area contributed by atoms with Crippen LogP contribution in [0, 0.1) is 17.5 Å². The van der Waals surface area contributed by atoms with Gasteiger partial charge in [0.05, 0.1) is 23.9 Å². The minimum Gasteiger partial charge on any atom is -0.481 e. The summed E-state index contributed by atoms with van der Waals surface area (Å²) in [4.78, 5) is 43.5. The fraction of sp³-hybridized carbons (Fsp3) is 0.393. The van der Waals surface area contributed by atoms with Crippen LogP contribution in [0.1, 0.15) is 49.4 Å². The number of halogens is 3. The van der Waals surface area contributed by atoms with Crippen molar-refractivity contribution in [3.8, 4) is 0 Å². The number of hydrogen-bond acceptors (Lipinski definition) is 7. The Morgan fingerprint density at radius 3 is 2.27 bits per heavy atom. The molecule has 40 heavy (non-hydrogen) atoms. The van der Waals surface area contributed by atoms with E-state index in [1.807, 2.05) is 32.6 Å². The zero-order chi connectivity index (χ0) is 29.0. The second-order valence-corrected chi connectivity index (χ2v) is 11.4. The summed E-state index contributed by atoms with van der Waals surface area (Å²) in [6, 6.07) is 5.35. The van der Waals surface area contributed by atoms with Crippen LogP contribution in [0.3, 0.4) is 0 Å². The van der Waals surface area contributed by atoms with E-state index < -0.39 is 34.4 Å². The van der Waals surface area contributed by atoms with Gasteiger partial charge >= 0.3 is 5.97 Å². The van der Waals surface area contributed by atoms with Gasteiger partial charge in [-0.25, -0.2) is 28.1 Å². The summed E-state index contributed by atoms with van der Waals surface area (Å²) < 4.78 is 41.4. The highest BCUT2D eigenvalue weighted by Crippen LogP contribution is 2.42. The molecule has 4 heterocycles. The predicted molar refractivity (Wildman–Crippen MR) is 141 cm³/mol. The van der Waals surface area contributed by atoms with Crippen LogP contribution in [0.4, 0.5) is 30.5 Å². The van der Waals surface area contributed by atoms with E-state index in [4.69, 9.17) is 5.11 Å². The number of carboxylic acids is 1. The molecule has 9 nitrogen and oxygen atoms in total. The molecule has 2 aliphatic rings. The Labute approximate surface area is 229 Å². The Morgan fingerprint density at radius 1 is 0.975 bits per heavy atom. The van der Waals surface area contributed by atoms with Crippen LogP contribution < -0.4 is 9.80 Å². The van der Waals surface area contributed by atoms with Gasteiger partial charge in [-0.1, -0.05) is 19.9 Å². The molecule has 1 amide bonds. The summed E-state index contributed by atoms with van der Waals surface area (Å²) in [5.41, 5.74) is 0.178. The quantitative estimate of drug-likeness (QED) is 0.471. The highest BCUT2D eigenvalue weighted by atomic mass is 19.2. The standard InChI is InChI=1S/C28H29F3N6O3/c1-27(2)14-36(17-10-18(29)23(31)19(30)11-17)25-24(27)34-20(13-33-25)26(40)37-8-7-35(15-28(37,3)4)21-6-5-16(12-32-21)9-22(38)39/h5-6,10-13H,7-9,14-15H2,1-4H3,(H,38,39). The molecule has 2 aliphatic heterocycles. The molecule has 5 rings (SSSR count). The molecule has 0 atom stereocenters. The summed E-state index contributed by atoms with van der Waals surface area (Å²) in [6.07, 6.45) is 2.81. The number of carbonyl (C=O) groups is 2. The first-order chi connectivity index (χ1) is 18.8. The predicted octanol–water partition coefficient (Wildman–Crippen LogP) is 4.09. The SMILES string of the molecule is CC1(C)CN(c2cc(F)c(F)c(F)c2)c2ncc(C(=O)N3CCN(c4ccc(CC(=O)O)cn4)CC3(C)C)nc21. The lowest BCUT2D eigenvalue weighted by molar-refractivity contribution is -0.136. The molecule has 0 unspecified atom stereocenters. The van der Waals surface area contributed by atoms with Gasteiger partial charge in [-0.05, 0) is 25.5 Å². The maximum absolute atomic E-state index is 14.0. The molecule has 1 aromatic carbocycles. The number of carbonyl (C=O) groups excluding carboxylic acids is 1. The molecule has 1 N–H and O–H groups in total. The van der Waals surface area contributed by atoms with Gasteiger partial charge in [0.2, 0.25) is 0 Å².